The minimum atomic E-state index is -0.234. The van der Waals surface area contributed by atoms with Crippen molar-refractivity contribution in [1.82, 2.24) is 5.32 Å². The average molecular weight is 379 g/mol. The third kappa shape index (κ3) is 5.87. The maximum absolute atomic E-state index is 12.4. The van der Waals surface area contributed by atoms with Crippen molar-refractivity contribution < 1.29 is 9.59 Å². The molecule has 0 saturated carbocycles. The van der Waals surface area contributed by atoms with Gasteiger partial charge in [-0.05, 0) is 43.0 Å². The van der Waals surface area contributed by atoms with E-state index in [4.69, 9.17) is 11.6 Å². The molecule has 0 aliphatic carbocycles. The van der Waals surface area contributed by atoms with Crippen LogP contribution in [0.1, 0.15) is 59.6 Å². The van der Waals surface area contributed by atoms with Crippen LogP contribution in [0.4, 0.5) is 5.69 Å². The summed E-state index contributed by atoms with van der Waals surface area (Å²) in [6.45, 7) is 4.16. The molecule has 0 spiro atoms. The number of hydrogen-bond acceptors (Lipinski definition) is 3. The van der Waals surface area contributed by atoms with Crippen LogP contribution in [0.25, 0.3) is 0 Å². The Balaban J connectivity index is 2.02. The van der Waals surface area contributed by atoms with Crippen molar-refractivity contribution in [3.8, 4) is 0 Å². The number of carbonyl (C=O) groups is 2. The van der Waals surface area contributed by atoms with E-state index in [1.807, 2.05) is 18.4 Å². The quantitative estimate of drug-likeness (QED) is 0.608. The Morgan fingerprint density at radius 2 is 2.00 bits per heavy atom. The van der Waals surface area contributed by atoms with E-state index < -0.39 is 0 Å². The first-order valence-electron chi connectivity index (χ1n) is 8.46. The fraction of sp³-hybridized carbons (Fsp3) is 0.368. The molecule has 134 valence electrons. The summed E-state index contributed by atoms with van der Waals surface area (Å²) in [7, 11) is 0. The molecule has 1 aromatic heterocycles. The Bertz CT molecular complexity index is 716. The molecule has 6 heteroatoms. The molecule has 0 fully saturated rings. The molecule has 0 bridgehead atoms. The zero-order valence-electron chi connectivity index (χ0n) is 14.5. The predicted octanol–water partition coefficient (Wildman–Crippen LogP) is 5.35. The normalized spacial score (nSPS) is 11.8. The van der Waals surface area contributed by atoms with Gasteiger partial charge in [0, 0.05) is 11.6 Å². The van der Waals surface area contributed by atoms with Gasteiger partial charge < -0.3 is 10.6 Å². The Hall–Kier alpha value is -1.85. The van der Waals surface area contributed by atoms with Crippen LogP contribution in [0.15, 0.2) is 35.7 Å². The number of anilines is 1. The van der Waals surface area contributed by atoms with Crippen LogP contribution in [-0.2, 0) is 0 Å². The SMILES string of the molecule is CCCCCC(C)NC(=O)c1ccc(Cl)c(NC(=O)c2cccs2)c1. The number of amides is 2. The average Bonchev–Trinajstić information content (AvgIpc) is 3.11. The lowest BCUT2D eigenvalue weighted by Gasteiger charge is -2.14. The molecule has 1 aromatic carbocycles. The van der Waals surface area contributed by atoms with Gasteiger partial charge in [-0.25, -0.2) is 0 Å². The van der Waals surface area contributed by atoms with Crippen LogP contribution < -0.4 is 10.6 Å². The molecule has 0 aliphatic rings. The van der Waals surface area contributed by atoms with Gasteiger partial charge in [-0.2, -0.15) is 0 Å². The lowest BCUT2D eigenvalue weighted by Crippen LogP contribution is -2.32. The molecule has 1 unspecified atom stereocenters. The molecular formula is C19H23ClN2O2S. The van der Waals surface area contributed by atoms with E-state index >= 15 is 0 Å². The first-order chi connectivity index (χ1) is 12.0. The van der Waals surface area contributed by atoms with Gasteiger partial charge in [0.25, 0.3) is 11.8 Å². The van der Waals surface area contributed by atoms with Crippen molar-refractivity contribution >= 4 is 40.4 Å². The second-order valence-corrected chi connectivity index (χ2v) is 7.35. The molecule has 2 aromatic rings. The van der Waals surface area contributed by atoms with Crippen LogP contribution in [-0.4, -0.2) is 17.9 Å². The number of nitrogens with one attached hydrogen (secondary N) is 2. The molecule has 2 rings (SSSR count). The fourth-order valence-corrected chi connectivity index (χ4v) is 3.22. The number of halogens is 1. The van der Waals surface area contributed by atoms with Gasteiger partial charge in [-0.1, -0.05) is 43.9 Å². The van der Waals surface area contributed by atoms with E-state index in [1.54, 1.807) is 24.3 Å². The number of thiophene rings is 1. The third-order valence-electron chi connectivity index (χ3n) is 3.84. The van der Waals surface area contributed by atoms with Crippen LogP contribution in [0.2, 0.25) is 5.02 Å². The topological polar surface area (TPSA) is 58.2 Å². The molecular weight excluding hydrogens is 356 g/mol. The van der Waals surface area contributed by atoms with Gasteiger partial charge >= 0.3 is 0 Å². The zero-order chi connectivity index (χ0) is 18.2. The first kappa shape index (κ1) is 19.5. The molecule has 0 aliphatic heterocycles. The maximum atomic E-state index is 12.4. The summed E-state index contributed by atoms with van der Waals surface area (Å²) in [6, 6.07) is 8.56. The third-order valence-corrected chi connectivity index (χ3v) is 5.04. The smallest absolute Gasteiger partial charge is 0.265 e. The molecule has 25 heavy (non-hydrogen) atoms. The Morgan fingerprint density at radius 1 is 1.20 bits per heavy atom. The predicted molar refractivity (Wildman–Crippen MR) is 105 cm³/mol. The first-order valence-corrected chi connectivity index (χ1v) is 9.72. The summed E-state index contributed by atoms with van der Waals surface area (Å²) in [5.74, 6) is -0.394. The van der Waals surface area contributed by atoms with Gasteiger partial charge in [0.05, 0.1) is 15.6 Å². The largest absolute Gasteiger partial charge is 0.350 e. The van der Waals surface area contributed by atoms with E-state index in [1.165, 1.54) is 17.8 Å². The molecule has 0 saturated heterocycles. The van der Waals surface area contributed by atoms with Crippen molar-refractivity contribution in [1.29, 1.82) is 0 Å². The molecule has 4 nitrogen and oxygen atoms in total. The summed E-state index contributed by atoms with van der Waals surface area (Å²) in [6.07, 6.45) is 4.38. The molecule has 0 radical (unpaired) electrons. The van der Waals surface area contributed by atoms with E-state index in [2.05, 4.69) is 17.6 Å². The second-order valence-electron chi connectivity index (χ2n) is 6.00. The summed E-state index contributed by atoms with van der Waals surface area (Å²) in [4.78, 5) is 25.2. The molecule has 2 amide bonds. The number of rotatable bonds is 8. The van der Waals surface area contributed by atoms with Gasteiger partial charge in [0.2, 0.25) is 0 Å². The Morgan fingerprint density at radius 3 is 2.68 bits per heavy atom. The standard InChI is InChI=1S/C19H23ClN2O2S/c1-3-4-5-7-13(2)21-18(23)14-9-10-15(20)16(12-14)22-19(24)17-8-6-11-25-17/h6,8-13H,3-5,7H2,1-2H3,(H,21,23)(H,22,24). The fourth-order valence-electron chi connectivity index (χ4n) is 2.43. The zero-order valence-corrected chi connectivity index (χ0v) is 16.0. The van der Waals surface area contributed by atoms with Crippen LogP contribution in [0.3, 0.4) is 0 Å². The number of hydrogen-bond donors (Lipinski definition) is 2. The molecule has 1 heterocycles. The highest BCUT2D eigenvalue weighted by atomic mass is 35.5. The molecule has 2 N–H and O–H groups in total. The van der Waals surface area contributed by atoms with E-state index in [-0.39, 0.29) is 17.9 Å². The van der Waals surface area contributed by atoms with Crippen molar-refractivity contribution in [2.75, 3.05) is 5.32 Å². The highest BCUT2D eigenvalue weighted by Crippen LogP contribution is 2.24. The minimum Gasteiger partial charge on any atom is -0.350 e. The van der Waals surface area contributed by atoms with E-state index in [0.717, 1.165) is 19.3 Å². The highest BCUT2D eigenvalue weighted by molar-refractivity contribution is 7.12. The van der Waals surface area contributed by atoms with Gasteiger partial charge in [-0.3, -0.25) is 9.59 Å². The highest BCUT2D eigenvalue weighted by Gasteiger charge is 2.14. The second kappa shape index (κ2) is 9.59. The van der Waals surface area contributed by atoms with Crippen molar-refractivity contribution in [2.24, 2.45) is 0 Å². The van der Waals surface area contributed by atoms with Crippen molar-refractivity contribution in [3.05, 3.63) is 51.2 Å². The van der Waals surface area contributed by atoms with E-state index in [9.17, 15) is 9.59 Å². The van der Waals surface area contributed by atoms with Crippen molar-refractivity contribution in [2.45, 2.75) is 45.6 Å². The number of benzene rings is 1. The summed E-state index contributed by atoms with van der Waals surface area (Å²) in [5, 5.41) is 7.99. The van der Waals surface area contributed by atoms with Gasteiger partial charge in [0.15, 0.2) is 0 Å². The summed E-state index contributed by atoms with van der Waals surface area (Å²) >= 11 is 7.50. The van der Waals surface area contributed by atoms with Crippen LogP contribution in [0, 0.1) is 0 Å². The van der Waals surface area contributed by atoms with E-state index in [0.29, 0.717) is 21.2 Å². The monoisotopic (exact) mass is 378 g/mol. The Labute approximate surface area is 157 Å². The number of carbonyl (C=O) groups excluding carboxylic acids is 2. The summed E-state index contributed by atoms with van der Waals surface area (Å²) < 4.78 is 0. The summed E-state index contributed by atoms with van der Waals surface area (Å²) in [5.41, 5.74) is 0.916. The maximum Gasteiger partial charge on any atom is 0.265 e. The lowest BCUT2D eigenvalue weighted by molar-refractivity contribution is 0.0936. The van der Waals surface area contributed by atoms with Crippen LogP contribution >= 0.6 is 22.9 Å². The minimum absolute atomic E-state index is 0.110. The Kier molecular flexibility index (Phi) is 7.47. The van der Waals surface area contributed by atoms with Gasteiger partial charge in [0.1, 0.15) is 0 Å². The van der Waals surface area contributed by atoms with Gasteiger partial charge in [-0.15, -0.1) is 11.3 Å². The van der Waals surface area contributed by atoms with Crippen molar-refractivity contribution in [3.63, 3.8) is 0 Å². The lowest BCUT2D eigenvalue weighted by atomic mass is 10.1. The van der Waals surface area contributed by atoms with Crippen LogP contribution in [0.5, 0.6) is 0 Å². The molecule has 1 atom stereocenters. The number of unbranched alkanes of at least 4 members (excludes halogenated alkanes) is 2.